The van der Waals surface area contributed by atoms with Gasteiger partial charge < -0.3 is 16.0 Å². The highest BCUT2D eigenvalue weighted by Gasteiger charge is 2.36. The summed E-state index contributed by atoms with van der Waals surface area (Å²) in [6, 6.07) is -0.320. The molecule has 0 bridgehead atoms. The molecule has 1 aliphatic carbocycles. The van der Waals surface area contributed by atoms with Crippen LogP contribution < -0.4 is 11.1 Å². The summed E-state index contributed by atoms with van der Waals surface area (Å²) in [5.74, 6) is 0.533. The molecule has 0 spiro atoms. The first-order chi connectivity index (χ1) is 10.8. The Balaban J connectivity index is 0.00000288. The smallest absolute Gasteiger partial charge is 0.244 e. The minimum Gasteiger partial charge on any atom is -0.345 e. The fourth-order valence-corrected chi connectivity index (χ4v) is 3.85. The third-order valence-corrected chi connectivity index (χ3v) is 5.57. The fraction of sp³-hybridized carbons (Fsp3) is 0.889. The second kappa shape index (κ2) is 9.04. The van der Waals surface area contributed by atoms with Crippen molar-refractivity contribution >= 4 is 24.2 Å². The van der Waals surface area contributed by atoms with Crippen molar-refractivity contribution < 1.29 is 9.59 Å². The lowest BCUT2D eigenvalue weighted by atomic mass is 9.79. The molecule has 0 aromatic carbocycles. The van der Waals surface area contributed by atoms with E-state index in [4.69, 9.17) is 5.73 Å². The zero-order valence-electron chi connectivity index (χ0n) is 15.3. The van der Waals surface area contributed by atoms with Gasteiger partial charge in [-0.3, -0.25) is 9.59 Å². The first kappa shape index (κ1) is 21.2. The number of amides is 2. The van der Waals surface area contributed by atoms with E-state index in [2.05, 4.69) is 19.2 Å². The lowest BCUT2D eigenvalue weighted by molar-refractivity contribution is -0.139. The van der Waals surface area contributed by atoms with Crippen molar-refractivity contribution in [2.45, 2.75) is 77.8 Å². The van der Waals surface area contributed by atoms with Gasteiger partial charge in [0.2, 0.25) is 11.8 Å². The van der Waals surface area contributed by atoms with Gasteiger partial charge in [0.15, 0.2) is 0 Å². The number of carbonyl (C=O) groups excluding carboxylic acids is 2. The second-order valence-corrected chi connectivity index (χ2v) is 8.14. The van der Waals surface area contributed by atoms with Crippen LogP contribution in [0, 0.1) is 11.3 Å². The van der Waals surface area contributed by atoms with Crippen molar-refractivity contribution in [3.63, 3.8) is 0 Å². The Kier molecular flexibility index (Phi) is 8.00. The molecule has 140 valence electrons. The maximum Gasteiger partial charge on any atom is 0.244 e. The summed E-state index contributed by atoms with van der Waals surface area (Å²) < 4.78 is 0. The van der Waals surface area contributed by atoms with Crippen LogP contribution in [-0.4, -0.2) is 41.9 Å². The molecule has 5 nitrogen and oxygen atoms in total. The molecule has 24 heavy (non-hydrogen) atoms. The Labute approximate surface area is 152 Å². The molecule has 6 heteroatoms. The molecule has 3 N–H and O–H groups in total. The summed E-state index contributed by atoms with van der Waals surface area (Å²) in [5, 5.41) is 2.90. The molecule has 2 amide bonds. The monoisotopic (exact) mass is 359 g/mol. The highest BCUT2D eigenvalue weighted by molar-refractivity contribution is 5.87. The van der Waals surface area contributed by atoms with Gasteiger partial charge in [0.25, 0.3) is 0 Å². The van der Waals surface area contributed by atoms with E-state index in [0.717, 1.165) is 19.3 Å². The topological polar surface area (TPSA) is 75.4 Å². The van der Waals surface area contributed by atoms with Crippen LogP contribution in [0.1, 0.15) is 65.7 Å². The van der Waals surface area contributed by atoms with E-state index in [-0.39, 0.29) is 35.7 Å². The van der Waals surface area contributed by atoms with Crippen molar-refractivity contribution in [1.29, 1.82) is 0 Å². The lowest BCUT2D eigenvalue weighted by Gasteiger charge is -2.43. The number of nitrogens with two attached hydrogens (primary N) is 1. The van der Waals surface area contributed by atoms with Crippen LogP contribution >= 0.6 is 12.4 Å². The fourth-order valence-electron chi connectivity index (χ4n) is 3.85. The lowest BCUT2D eigenvalue weighted by Crippen LogP contribution is -2.57. The highest BCUT2D eigenvalue weighted by Crippen LogP contribution is 2.28. The summed E-state index contributed by atoms with van der Waals surface area (Å²) >= 11 is 0. The predicted molar refractivity (Wildman–Crippen MR) is 99.0 cm³/mol. The van der Waals surface area contributed by atoms with E-state index in [1.807, 2.05) is 4.90 Å². The van der Waals surface area contributed by atoms with E-state index < -0.39 is 6.04 Å². The van der Waals surface area contributed by atoms with Crippen molar-refractivity contribution in [3.8, 4) is 0 Å². The normalized spacial score (nSPS) is 25.5. The molecule has 1 saturated heterocycles. The van der Waals surface area contributed by atoms with Crippen molar-refractivity contribution in [1.82, 2.24) is 10.2 Å². The zero-order chi connectivity index (χ0) is 17.0. The number of halogens is 1. The molecule has 0 aromatic rings. The Bertz CT molecular complexity index is 436. The molecule has 2 rings (SSSR count). The molecule has 1 aliphatic heterocycles. The van der Waals surface area contributed by atoms with Crippen LogP contribution in [0.4, 0.5) is 0 Å². The summed E-state index contributed by atoms with van der Waals surface area (Å²) in [6.45, 7) is 7.34. The van der Waals surface area contributed by atoms with E-state index in [1.54, 1.807) is 6.92 Å². The Hall–Kier alpha value is -0.810. The van der Waals surface area contributed by atoms with Gasteiger partial charge in [-0.25, -0.2) is 0 Å². The van der Waals surface area contributed by atoms with Gasteiger partial charge >= 0.3 is 0 Å². The third-order valence-electron chi connectivity index (χ3n) is 5.57. The van der Waals surface area contributed by atoms with Gasteiger partial charge in [-0.2, -0.15) is 0 Å². The largest absolute Gasteiger partial charge is 0.345 e. The van der Waals surface area contributed by atoms with Crippen LogP contribution in [0.3, 0.4) is 0 Å². The minimum atomic E-state index is -0.448. The maximum absolute atomic E-state index is 12.6. The van der Waals surface area contributed by atoms with Gasteiger partial charge in [0.1, 0.15) is 6.04 Å². The van der Waals surface area contributed by atoms with E-state index in [1.165, 1.54) is 19.3 Å². The average molecular weight is 360 g/mol. The molecular formula is C18H34ClN3O2. The number of nitrogens with one attached hydrogen (secondary N) is 1. The molecule has 1 saturated carbocycles. The van der Waals surface area contributed by atoms with Crippen LogP contribution in [0.5, 0.6) is 0 Å². The van der Waals surface area contributed by atoms with Crippen LogP contribution in [0.15, 0.2) is 0 Å². The Morgan fingerprint density at radius 3 is 2.42 bits per heavy atom. The first-order valence-electron chi connectivity index (χ1n) is 9.13. The van der Waals surface area contributed by atoms with Gasteiger partial charge in [-0.15, -0.1) is 12.4 Å². The molecular weight excluding hydrogens is 326 g/mol. The van der Waals surface area contributed by atoms with Gasteiger partial charge in [0, 0.05) is 25.6 Å². The number of hydrogen-bond donors (Lipinski definition) is 2. The molecule has 2 unspecified atom stereocenters. The number of rotatable bonds is 4. The summed E-state index contributed by atoms with van der Waals surface area (Å²) in [7, 11) is 0. The number of likely N-dealkylation sites (tertiary alicyclic amines) is 1. The summed E-state index contributed by atoms with van der Waals surface area (Å²) in [5.41, 5.74) is 6.06. The Morgan fingerprint density at radius 2 is 1.83 bits per heavy atom. The molecule has 0 aromatic heterocycles. The van der Waals surface area contributed by atoms with Crippen molar-refractivity contribution in [3.05, 3.63) is 0 Å². The standard InChI is InChI=1S/C18H33N3O2.ClH/c1-13(20-16(22)11-14-7-5-4-6-8-14)17(23)21-10-9-15(19)18(2,3)12-21;/h13-15H,4-12,19H2,1-3H3,(H,20,22);1H. The third kappa shape index (κ3) is 5.62. The first-order valence-corrected chi connectivity index (χ1v) is 9.13. The molecule has 1 heterocycles. The van der Waals surface area contributed by atoms with E-state index >= 15 is 0 Å². The van der Waals surface area contributed by atoms with Crippen LogP contribution in [0.25, 0.3) is 0 Å². The number of hydrogen-bond acceptors (Lipinski definition) is 3. The molecule has 2 fully saturated rings. The molecule has 2 atom stereocenters. The van der Waals surface area contributed by atoms with Gasteiger partial charge in [-0.1, -0.05) is 33.1 Å². The quantitative estimate of drug-likeness (QED) is 0.809. The molecule has 2 aliphatic rings. The Morgan fingerprint density at radius 1 is 1.21 bits per heavy atom. The van der Waals surface area contributed by atoms with Gasteiger partial charge in [-0.05, 0) is 37.5 Å². The molecule has 0 radical (unpaired) electrons. The van der Waals surface area contributed by atoms with E-state index in [9.17, 15) is 9.59 Å². The zero-order valence-corrected chi connectivity index (χ0v) is 16.2. The van der Waals surface area contributed by atoms with E-state index in [0.29, 0.717) is 25.4 Å². The SMILES string of the molecule is CC(NC(=O)CC1CCCCC1)C(=O)N1CCC(N)C(C)(C)C1.Cl. The summed E-state index contributed by atoms with van der Waals surface area (Å²) in [4.78, 5) is 26.6. The minimum absolute atomic E-state index is 0. The van der Waals surface area contributed by atoms with Crippen LogP contribution in [-0.2, 0) is 9.59 Å². The van der Waals surface area contributed by atoms with Crippen LogP contribution in [0.2, 0.25) is 0 Å². The number of piperidine rings is 1. The summed E-state index contributed by atoms with van der Waals surface area (Å²) in [6.07, 6.45) is 7.43. The second-order valence-electron chi connectivity index (χ2n) is 8.14. The van der Waals surface area contributed by atoms with Crippen molar-refractivity contribution in [2.24, 2.45) is 17.1 Å². The highest BCUT2D eigenvalue weighted by atomic mass is 35.5. The van der Waals surface area contributed by atoms with Crippen molar-refractivity contribution in [2.75, 3.05) is 13.1 Å². The number of carbonyl (C=O) groups is 2. The maximum atomic E-state index is 12.6. The average Bonchev–Trinajstić information content (AvgIpc) is 2.50. The predicted octanol–water partition coefficient (Wildman–Crippen LogP) is 2.47. The number of nitrogens with zero attached hydrogens (tertiary/aromatic N) is 1. The van der Waals surface area contributed by atoms with Gasteiger partial charge in [0.05, 0.1) is 0 Å².